The van der Waals surface area contributed by atoms with Crippen LogP contribution in [0.5, 0.6) is 0 Å². The molecular formula is C49H74N4O5. The number of hydrogen-bond acceptors (Lipinski definition) is 7. The maximum absolute atomic E-state index is 12.6. The first-order valence-corrected chi connectivity index (χ1v) is 22.6. The number of rotatable bonds is 29. The van der Waals surface area contributed by atoms with E-state index in [4.69, 9.17) is 15.2 Å². The third kappa shape index (κ3) is 18.0. The van der Waals surface area contributed by atoms with Crippen molar-refractivity contribution >= 4 is 23.2 Å². The minimum atomic E-state index is -0.502. The van der Waals surface area contributed by atoms with E-state index in [0.717, 1.165) is 74.0 Å². The number of carbonyl (C=O) groups is 2. The number of benzene rings is 3. The van der Waals surface area contributed by atoms with Gasteiger partial charge in [-0.15, -0.1) is 0 Å². The molecule has 3 aromatic carbocycles. The van der Waals surface area contributed by atoms with Crippen molar-refractivity contribution in [1.82, 2.24) is 10.2 Å². The first-order chi connectivity index (χ1) is 28.4. The highest BCUT2D eigenvalue weighted by Gasteiger charge is 2.33. The molecule has 1 aliphatic heterocycles. The van der Waals surface area contributed by atoms with Crippen LogP contribution in [0.1, 0.15) is 170 Å². The predicted molar refractivity (Wildman–Crippen MR) is 237 cm³/mol. The quantitative estimate of drug-likeness (QED) is 0.0407. The van der Waals surface area contributed by atoms with Crippen molar-refractivity contribution in [3.8, 4) is 0 Å². The van der Waals surface area contributed by atoms with E-state index in [-0.39, 0.29) is 30.6 Å². The van der Waals surface area contributed by atoms with Crippen LogP contribution >= 0.6 is 0 Å². The van der Waals surface area contributed by atoms with Crippen LogP contribution in [-0.4, -0.2) is 47.6 Å². The van der Waals surface area contributed by atoms with Crippen LogP contribution in [-0.2, 0) is 32.2 Å². The number of aliphatic hydroxyl groups is 1. The molecule has 5 N–H and O–H groups in total. The van der Waals surface area contributed by atoms with Crippen molar-refractivity contribution in [3.05, 3.63) is 95.1 Å². The number of hydrogen-bond donors (Lipinski definition) is 4. The number of nitrogens with zero attached hydrogens (tertiary/aromatic N) is 1. The summed E-state index contributed by atoms with van der Waals surface area (Å²) < 4.78 is 13.4. The SMILES string of the molecule is CCCCCCCCN(CCCCCCCC)C[C@H]1C[C@@H](c2ccc(CO)cc2)O[C@@H](c2ccc(CNC(=O)CCCCCCC(=O)Nc3ccccc3N)cc2)O1. The highest BCUT2D eigenvalue weighted by atomic mass is 16.7. The lowest BCUT2D eigenvalue weighted by Crippen LogP contribution is -2.40. The van der Waals surface area contributed by atoms with Gasteiger partial charge in [0.1, 0.15) is 0 Å². The smallest absolute Gasteiger partial charge is 0.224 e. The standard InChI is InChI=1S/C49H74N4O5/c1-3-5-7-9-13-19-33-53(34-20-14-10-8-6-4-2)37-43-35-46(41-29-27-40(38-54)28-30-41)58-49(57-43)42-31-25-39(26-32-42)36-51-47(55)23-15-11-12-16-24-48(56)52-45-22-18-17-21-44(45)50/h17-18,21-22,25-32,43,46,49,54H,3-16,19-20,23-24,33-38,50H2,1-2H3,(H,51,55)(H,52,56)/t43-,46+,49+/m1/s1. The first-order valence-electron chi connectivity index (χ1n) is 22.6. The summed E-state index contributed by atoms with van der Waals surface area (Å²) in [6.45, 7) is 8.12. The van der Waals surface area contributed by atoms with Gasteiger partial charge in [-0.2, -0.15) is 0 Å². The van der Waals surface area contributed by atoms with Crippen LogP contribution in [0, 0.1) is 0 Å². The van der Waals surface area contributed by atoms with Crippen LogP contribution in [0.3, 0.4) is 0 Å². The molecule has 1 heterocycles. The van der Waals surface area contributed by atoms with Crippen LogP contribution in [0.2, 0.25) is 0 Å². The maximum Gasteiger partial charge on any atom is 0.224 e. The van der Waals surface area contributed by atoms with Gasteiger partial charge in [-0.3, -0.25) is 9.59 Å². The number of ether oxygens (including phenoxy) is 2. The Balaban J connectivity index is 1.27. The van der Waals surface area contributed by atoms with Crippen LogP contribution in [0.4, 0.5) is 11.4 Å². The average Bonchev–Trinajstić information content (AvgIpc) is 3.24. The molecule has 0 aromatic heterocycles. The monoisotopic (exact) mass is 799 g/mol. The number of nitrogens with one attached hydrogen (secondary N) is 2. The van der Waals surface area contributed by atoms with E-state index in [0.29, 0.717) is 30.8 Å². The molecule has 1 saturated heterocycles. The Bertz CT molecular complexity index is 1550. The van der Waals surface area contributed by atoms with Crippen molar-refractivity contribution in [2.24, 2.45) is 0 Å². The number of nitrogens with two attached hydrogens (primary N) is 1. The molecule has 0 bridgehead atoms. The van der Waals surface area contributed by atoms with Crippen molar-refractivity contribution in [2.45, 2.75) is 167 Å². The fourth-order valence-corrected chi connectivity index (χ4v) is 7.68. The molecule has 0 radical (unpaired) electrons. The van der Waals surface area contributed by atoms with Gasteiger partial charge >= 0.3 is 0 Å². The molecule has 0 saturated carbocycles. The zero-order chi connectivity index (χ0) is 41.2. The molecule has 4 rings (SSSR count). The molecule has 1 aliphatic rings. The Kier molecular flexibility index (Phi) is 22.5. The Labute approximate surface area is 349 Å². The summed E-state index contributed by atoms with van der Waals surface area (Å²) in [4.78, 5) is 27.5. The van der Waals surface area contributed by atoms with Crippen molar-refractivity contribution in [2.75, 3.05) is 30.7 Å². The zero-order valence-electron chi connectivity index (χ0n) is 35.7. The summed E-state index contributed by atoms with van der Waals surface area (Å²) in [7, 11) is 0. The topological polar surface area (TPSA) is 126 Å². The molecule has 0 aliphatic carbocycles. The second kappa shape index (κ2) is 27.8. The summed E-state index contributed by atoms with van der Waals surface area (Å²) in [6, 6.07) is 23.6. The van der Waals surface area contributed by atoms with Crippen LogP contribution in [0.15, 0.2) is 72.8 Å². The van der Waals surface area contributed by atoms with E-state index >= 15 is 0 Å². The fraction of sp³-hybridized carbons (Fsp3) is 0.592. The van der Waals surface area contributed by atoms with Crippen molar-refractivity contribution in [3.63, 3.8) is 0 Å². The largest absolute Gasteiger partial charge is 0.397 e. The molecule has 320 valence electrons. The van der Waals surface area contributed by atoms with Gasteiger partial charge in [-0.1, -0.05) is 152 Å². The average molecular weight is 799 g/mol. The van der Waals surface area contributed by atoms with Gasteiger partial charge in [0, 0.05) is 37.9 Å². The van der Waals surface area contributed by atoms with E-state index in [1.54, 1.807) is 12.1 Å². The van der Waals surface area contributed by atoms with E-state index in [2.05, 4.69) is 65.8 Å². The maximum atomic E-state index is 12.6. The minimum absolute atomic E-state index is 0.0197. The Morgan fingerprint density at radius 3 is 1.84 bits per heavy atom. The highest BCUT2D eigenvalue weighted by molar-refractivity contribution is 5.93. The molecule has 0 spiro atoms. The number of carbonyl (C=O) groups excluding carboxylic acids is 2. The van der Waals surface area contributed by atoms with E-state index in [1.807, 2.05) is 24.3 Å². The summed E-state index contributed by atoms with van der Waals surface area (Å²) in [5, 5.41) is 15.6. The number of anilines is 2. The lowest BCUT2D eigenvalue weighted by molar-refractivity contribution is -0.253. The Hall–Kier alpha value is -3.76. The lowest BCUT2D eigenvalue weighted by Gasteiger charge is -2.38. The van der Waals surface area contributed by atoms with Gasteiger partial charge in [0.25, 0.3) is 0 Å². The highest BCUT2D eigenvalue weighted by Crippen LogP contribution is 2.38. The van der Waals surface area contributed by atoms with Crippen LogP contribution < -0.4 is 16.4 Å². The van der Waals surface area contributed by atoms with Crippen LogP contribution in [0.25, 0.3) is 0 Å². The normalized spacial score (nSPS) is 16.7. The van der Waals surface area contributed by atoms with E-state index < -0.39 is 6.29 Å². The van der Waals surface area contributed by atoms with Gasteiger partial charge in [-0.25, -0.2) is 0 Å². The van der Waals surface area contributed by atoms with Gasteiger partial charge in [-0.05, 0) is 67.6 Å². The number of aliphatic hydroxyl groups excluding tert-OH is 1. The number of unbranched alkanes of at least 4 members (excludes halogenated alkanes) is 13. The Morgan fingerprint density at radius 2 is 1.22 bits per heavy atom. The second-order valence-electron chi connectivity index (χ2n) is 16.3. The summed E-state index contributed by atoms with van der Waals surface area (Å²) >= 11 is 0. The summed E-state index contributed by atoms with van der Waals surface area (Å²) in [5.41, 5.74) is 11.1. The van der Waals surface area contributed by atoms with E-state index in [1.165, 1.54) is 77.0 Å². The molecule has 0 unspecified atom stereocenters. The van der Waals surface area contributed by atoms with Gasteiger partial charge in [0.2, 0.25) is 11.8 Å². The van der Waals surface area contributed by atoms with E-state index in [9.17, 15) is 14.7 Å². The number of para-hydroxylation sites is 2. The molecule has 3 atom stereocenters. The molecule has 2 amide bonds. The number of nitrogen functional groups attached to an aromatic ring is 1. The van der Waals surface area contributed by atoms with Crippen molar-refractivity contribution < 1.29 is 24.2 Å². The van der Waals surface area contributed by atoms with Gasteiger partial charge in [0.05, 0.1) is 30.2 Å². The Morgan fingerprint density at radius 1 is 0.672 bits per heavy atom. The van der Waals surface area contributed by atoms with Crippen molar-refractivity contribution in [1.29, 1.82) is 0 Å². The molecule has 9 heteroatoms. The minimum Gasteiger partial charge on any atom is -0.397 e. The summed E-state index contributed by atoms with van der Waals surface area (Å²) in [6.07, 6.45) is 19.9. The molecule has 9 nitrogen and oxygen atoms in total. The number of amides is 2. The fourth-order valence-electron chi connectivity index (χ4n) is 7.68. The summed E-state index contributed by atoms with van der Waals surface area (Å²) in [5.74, 6) is -0.00890. The predicted octanol–water partition coefficient (Wildman–Crippen LogP) is 10.9. The third-order valence-electron chi connectivity index (χ3n) is 11.3. The molecule has 1 fully saturated rings. The molecule has 58 heavy (non-hydrogen) atoms. The van der Waals surface area contributed by atoms with Gasteiger partial charge < -0.3 is 35.8 Å². The molecular weight excluding hydrogens is 725 g/mol. The molecule has 3 aromatic rings. The third-order valence-corrected chi connectivity index (χ3v) is 11.3. The first kappa shape index (κ1) is 46.9. The zero-order valence-corrected chi connectivity index (χ0v) is 35.7. The lowest BCUT2D eigenvalue weighted by atomic mass is 9.99. The second-order valence-corrected chi connectivity index (χ2v) is 16.3. The van der Waals surface area contributed by atoms with Gasteiger partial charge in [0.15, 0.2) is 6.29 Å².